The number of hydrogen-bond acceptors (Lipinski definition) is 3. The van der Waals surface area contributed by atoms with E-state index in [1.54, 1.807) is 0 Å². The third-order valence-corrected chi connectivity index (χ3v) is 3.28. The number of nitrogens with one attached hydrogen (secondary N) is 1. The standard InChI is InChI=1S/C14H19NO2/c1-3-7-15-8-6-11-4-5-12-13(10(11)2)9-17-14(12)16/h4-5,15H,3,6-9H2,1-2H3. The van der Waals surface area contributed by atoms with Gasteiger partial charge in [0.15, 0.2) is 0 Å². The first-order valence-electron chi connectivity index (χ1n) is 6.23. The highest BCUT2D eigenvalue weighted by Crippen LogP contribution is 2.25. The van der Waals surface area contributed by atoms with E-state index >= 15 is 0 Å². The molecule has 92 valence electrons. The molecule has 1 N–H and O–H groups in total. The summed E-state index contributed by atoms with van der Waals surface area (Å²) in [6.45, 7) is 6.73. The van der Waals surface area contributed by atoms with Crippen LogP contribution in [0.2, 0.25) is 0 Å². The van der Waals surface area contributed by atoms with Crippen molar-refractivity contribution in [1.29, 1.82) is 0 Å². The molecule has 0 amide bonds. The fraction of sp³-hybridized carbons (Fsp3) is 0.500. The number of ether oxygens (including phenoxy) is 1. The highest BCUT2D eigenvalue weighted by atomic mass is 16.5. The Kier molecular flexibility index (Phi) is 3.79. The van der Waals surface area contributed by atoms with E-state index in [0.717, 1.165) is 37.1 Å². The summed E-state index contributed by atoms with van der Waals surface area (Å²) in [6.07, 6.45) is 2.17. The van der Waals surface area contributed by atoms with Crippen LogP contribution in [0.15, 0.2) is 12.1 Å². The molecule has 3 heteroatoms. The van der Waals surface area contributed by atoms with Crippen molar-refractivity contribution in [1.82, 2.24) is 5.32 Å². The summed E-state index contributed by atoms with van der Waals surface area (Å²) in [7, 11) is 0. The van der Waals surface area contributed by atoms with Gasteiger partial charge in [-0.2, -0.15) is 0 Å². The summed E-state index contributed by atoms with van der Waals surface area (Å²) >= 11 is 0. The number of hydrogen-bond donors (Lipinski definition) is 1. The number of benzene rings is 1. The molecular formula is C14H19NO2. The highest BCUT2D eigenvalue weighted by Gasteiger charge is 2.23. The maximum absolute atomic E-state index is 11.4. The number of carbonyl (C=O) groups is 1. The van der Waals surface area contributed by atoms with Crippen LogP contribution in [0.1, 0.15) is 40.4 Å². The Morgan fingerprint density at radius 1 is 1.35 bits per heavy atom. The predicted octanol–water partition coefficient (Wildman–Crippen LogP) is 2.21. The number of fused-ring (bicyclic) bond motifs is 1. The van der Waals surface area contributed by atoms with Crippen molar-refractivity contribution in [3.63, 3.8) is 0 Å². The Morgan fingerprint density at radius 2 is 2.18 bits per heavy atom. The number of carbonyl (C=O) groups excluding carboxylic acids is 1. The van der Waals surface area contributed by atoms with Gasteiger partial charge in [-0.05, 0) is 50.0 Å². The van der Waals surface area contributed by atoms with Crippen molar-refractivity contribution < 1.29 is 9.53 Å². The maximum atomic E-state index is 11.4. The topological polar surface area (TPSA) is 38.3 Å². The SMILES string of the molecule is CCCNCCc1ccc2c(c1C)COC2=O. The lowest BCUT2D eigenvalue weighted by atomic mass is 9.97. The van der Waals surface area contributed by atoms with Crippen molar-refractivity contribution in [2.24, 2.45) is 0 Å². The zero-order valence-corrected chi connectivity index (χ0v) is 10.5. The van der Waals surface area contributed by atoms with Crippen LogP contribution in [0.25, 0.3) is 0 Å². The van der Waals surface area contributed by atoms with Crippen LogP contribution >= 0.6 is 0 Å². The summed E-state index contributed by atoms with van der Waals surface area (Å²) in [6, 6.07) is 3.95. The second-order valence-electron chi connectivity index (χ2n) is 4.45. The molecule has 0 aliphatic carbocycles. The molecule has 1 aromatic carbocycles. The van der Waals surface area contributed by atoms with Crippen LogP contribution in [-0.4, -0.2) is 19.1 Å². The van der Waals surface area contributed by atoms with E-state index in [9.17, 15) is 4.79 Å². The van der Waals surface area contributed by atoms with Crippen molar-refractivity contribution in [3.05, 3.63) is 34.4 Å². The molecule has 1 aliphatic heterocycles. The summed E-state index contributed by atoms with van der Waals surface area (Å²) < 4.78 is 5.05. The van der Waals surface area contributed by atoms with Crippen LogP contribution in [0.5, 0.6) is 0 Å². The zero-order valence-electron chi connectivity index (χ0n) is 10.5. The minimum absolute atomic E-state index is 0.182. The molecule has 0 radical (unpaired) electrons. The van der Waals surface area contributed by atoms with Gasteiger partial charge in [-0.1, -0.05) is 13.0 Å². The number of esters is 1. The summed E-state index contributed by atoms with van der Waals surface area (Å²) in [4.78, 5) is 11.4. The number of cyclic esters (lactones) is 1. The molecule has 0 atom stereocenters. The van der Waals surface area contributed by atoms with Crippen LogP contribution in [0, 0.1) is 6.92 Å². The average Bonchev–Trinajstić information content (AvgIpc) is 2.70. The van der Waals surface area contributed by atoms with Crippen molar-refractivity contribution in [2.45, 2.75) is 33.3 Å². The Balaban J connectivity index is 2.07. The van der Waals surface area contributed by atoms with Crippen molar-refractivity contribution >= 4 is 5.97 Å². The average molecular weight is 233 g/mol. The third kappa shape index (κ3) is 2.50. The fourth-order valence-electron chi connectivity index (χ4n) is 2.19. The van der Waals surface area contributed by atoms with E-state index in [2.05, 4.69) is 19.2 Å². The lowest BCUT2D eigenvalue weighted by Gasteiger charge is -2.09. The van der Waals surface area contributed by atoms with Crippen LogP contribution < -0.4 is 5.32 Å². The fourth-order valence-corrected chi connectivity index (χ4v) is 2.19. The summed E-state index contributed by atoms with van der Waals surface area (Å²) in [5.41, 5.74) is 4.34. The molecule has 0 saturated heterocycles. The molecule has 17 heavy (non-hydrogen) atoms. The van der Waals surface area contributed by atoms with Gasteiger partial charge >= 0.3 is 5.97 Å². The molecule has 0 fully saturated rings. The predicted molar refractivity (Wildman–Crippen MR) is 67.2 cm³/mol. The van der Waals surface area contributed by atoms with Crippen LogP contribution in [0.4, 0.5) is 0 Å². The molecule has 0 unspecified atom stereocenters. The summed E-state index contributed by atoms with van der Waals surface area (Å²) in [5.74, 6) is -0.182. The van der Waals surface area contributed by atoms with E-state index in [4.69, 9.17) is 4.74 Å². The maximum Gasteiger partial charge on any atom is 0.338 e. The molecule has 0 bridgehead atoms. The van der Waals surface area contributed by atoms with E-state index in [0.29, 0.717) is 6.61 Å². The van der Waals surface area contributed by atoms with Crippen molar-refractivity contribution in [3.8, 4) is 0 Å². The minimum Gasteiger partial charge on any atom is -0.457 e. The zero-order chi connectivity index (χ0) is 12.3. The lowest BCUT2D eigenvalue weighted by molar-refractivity contribution is 0.0535. The lowest BCUT2D eigenvalue weighted by Crippen LogP contribution is -2.18. The first-order chi connectivity index (χ1) is 8.24. The Bertz CT molecular complexity index is 426. The molecule has 0 spiro atoms. The van der Waals surface area contributed by atoms with Gasteiger partial charge in [0, 0.05) is 5.56 Å². The highest BCUT2D eigenvalue weighted by molar-refractivity contribution is 5.93. The van der Waals surface area contributed by atoms with E-state index in [-0.39, 0.29) is 5.97 Å². The Labute approximate surface area is 102 Å². The van der Waals surface area contributed by atoms with E-state index in [1.807, 2.05) is 12.1 Å². The molecule has 3 nitrogen and oxygen atoms in total. The van der Waals surface area contributed by atoms with Crippen LogP contribution in [-0.2, 0) is 17.8 Å². The second kappa shape index (κ2) is 5.32. The largest absolute Gasteiger partial charge is 0.457 e. The molecule has 1 aliphatic rings. The smallest absolute Gasteiger partial charge is 0.338 e. The van der Waals surface area contributed by atoms with Gasteiger partial charge in [0.1, 0.15) is 6.61 Å². The first kappa shape index (κ1) is 12.1. The van der Waals surface area contributed by atoms with Gasteiger partial charge in [0.05, 0.1) is 5.56 Å². The monoisotopic (exact) mass is 233 g/mol. The molecule has 1 aromatic rings. The van der Waals surface area contributed by atoms with Gasteiger partial charge in [-0.25, -0.2) is 4.79 Å². The second-order valence-corrected chi connectivity index (χ2v) is 4.45. The Hall–Kier alpha value is -1.35. The molecule has 1 heterocycles. The summed E-state index contributed by atoms with van der Waals surface area (Å²) in [5, 5.41) is 3.39. The molecular weight excluding hydrogens is 214 g/mol. The normalized spacial score (nSPS) is 13.6. The molecule has 2 rings (SSSR count). The van der Waals surface area contributed by atoms with Gasteiger partial charge in [0.25, 0.3) is 0 Å². The number of rotatable bonds is 5. The van der Waals surface area contributed by atoms with Gasteiger partial charge < -0.3 is 10.1 Å². The van der Waals surface area contributed by atoms with E-state index < -0.39 is 0 Å². The molecule has 0 saturated carbocycles. The van der Waals surface area contributed by atoms with Crippen molar-refractivity contribution in [2.75, 3.05) is 13.1 Å². The van der Waals surface area contributed by atoms with Gasteiger partial charge in [0.2, 0.25) is 0 Å². The quantitative estimate of drug-likeness (QED) is 0.626. The Morgan fingerprint density at radius 3 is 2.94 bits per heavy atom. The molecule has 0 aromatic heterocycles. The van der Waals surface area contributed by atoms with Crippen LogP contribution in [0.3, 0.4) is 0 Å². The van der Waals surface area contributed by atoms with Gasteiger partial charge in [-0.15, -0.1) is 0 Å². The minimum atomic E-state index is -0.182. The first-order valence-corrected chi connectivity index (χ1v) is 6.23. The van der Waals surface area contributed by atoms with Gasteiger partial charge in [-0.3, -0.25) is 0 Å². The van der Waals surface area contributed by atoms with E-state index in [1.165, 1.54) is 11.1 Å². The third-order valence-electron chi connectivity index (χ3n) is 3.28.